The third-order valence-corrected chi connectivity index (χ3v) is 5.71. The molecule has 0 unspecified atom stereocenters. The SMILES string of the molecule is Cc1noc(C)c1COc1ccc(C(=O)N(C)Cc2cc(Br)cs2)cc1. The highest BCUT2D eigenvalue weighted by molar-refractivity contribution is 9.10. The molecule has 2 heterocycles. The molecule has 0 atom stereocenters. The molecule has 0 N–H and O–H groups in total. The number of rotatable bonds is 6. The van der Waals surface area contributed by atoms with E-state index in [1.807, 2.05) is 25.3 Å². The second kappa shape index (κ2) is 8.05. The van der Waals surface area contributed by atoms with Crippen LogP contribution >= 0.6 is 27.3 Å². The maximum absolute atomic E-state index is 12.6. The van der Waals surface area contributed by atoms with E-state index in [1.165, 1.54) is 0 Å². The smallest absolute Gasteiger partial charge is 0.253 e. The first-order valence-corrected chi connectivity index (χ1v) is 9.74. The van der Waals surface area contributed by atoms with Crippen molar-refractivity contribution in [2.24, 2.45) is 0 Å². The minimum atomic E-state index is -0.0215. The first-order chi connectivity index (χ1) is 12.4. The predicted molar refractivity (Wildman–Crippen MR) is 105 cm³/mol. The highest BCUT2D eigenvalue weighted by atomic mass is 79.9. The van der Waals surface area contributed by atoms with Crippen LogP contribution in [0.5, 0.6) is 5.75 Å². The standard InChI is InChI=1S/C19H19BrN2O3S/c1-12-18(13(2)25-21-12)10-24-16-6-4-14(5-7-16)19(23)22(3)9-17-8-15(20)11-26-17/h4-8,11H,9-10H2,1-3H3. The Morgan fingerprint density at radius 1 is 1.31 bits per heavy atom. The Hall–Kier alpha value is -2.12. The molecule has 0 saturated carbocycles. The summed E-state index contributed by atoms with van der Waals surface area (Å²) in [6, 6.07) is 9.21. The number of carbonyl (C=O) groups is 1. The third kappa shape index (κ3) is 4.34. The van der Waals surface area contributed by atoms with Crippen molar-refractivity contribution < 1.29 is 14.1 Å². The fourth-order valence-corrected chi connectivity index (χ4v) is 4.02. The van der Waals surface area contributed by atoms with Crippen molar-refractivity contribution in [2.45, 2.75) is 27.0 Å². The monoisotopic (exact) mass is 434 g/mol. The Balaban J connectivity index is 1.60. The first kappa shape index (κ1) is 18.7. The van der Waals surface area contributed by atoms with E-state index in [1.54, 1.807) is 47.5 Å². The van der Waals surface area contributed by atoms with Crippen LogP contribution in [0.3, 0.4) is 0 Å². The molecule has 26 heavy (non-hydrogen) atoms. The molecule has 0 bridgehead atoms. The van der Waals surface area contributed by atoms with Crippen LogP contribution in [0.15, 0.2) is 44.7 Å². The maximum Gasteiger partial charge on any atom is 0.253 e. The number of thiophene rings is 1. The van der Waals surface area contributed by atoms with Crippen LogP contribution in [0.4, 0.5) is 0 Å². The van der Waals surface area contributed by atoms with Gasteiger partial charge >= 0.3 is 0 Å². The molecule has 7 heteroatoms. The zero-order valence-corrected chi connectivity index (χ0v) is 17.2. The molecular formula is C19H19BrN2O3S. The molecule has 3 aromatic rings. The Morgan fingerprint density at radius 2 is 2.04 bits per heavy atom. The molecule has 0 aliphatic rings. The number of hydrogen-bond acceptors (Lipinski definition) is 5. The van der Waals surface area contributed by atoms with Gasteiger partial charge < -0.3 is 14.2 Å². The number of aryl methyl sites for hydroxylation is 2. The zero-order valence-electron chi connectivity index (χ0n) is 14.8. The first-order valence-electron chi connectivity index (χ1n) is 8.07. The van der Waals surface area contributed by atoms with Crippen LogP contribution in [0.1, 0.15) is 32.3 Å². The van der Waals surface area contributed by atoms with Crippen molar-refractivity contribution >= 4 is 33.2 Å². The molecular weight excluding hydrogens is 416 g/mol. The molecule has 0 radical (unpaired) electrons. The van der Waals surface area contributed by atoms with E-state index >= 15 is 0 Å². The van der Waals surface area contributed by atoms with Gasteiger partial charge in [0, 0.05) is 27.3 Å². The lowest BCUT2D eigenvalue weighted by molar-refractivity contribution is 0.0786. The highest BCUT2D eigenvalue weighted by Crippen LogP contribution is 2.22. The topological polar surface area (TPSA) is 55.6 Å². The van der Waals surface area contributed by atoms with E-state index in [4.69, 9.17) is 9.26 Å². The van der Waals surface area contributed by atoms with E-state index in [-0.39, 0.29) is 5.91 Å². The maximum atomic E-state index is 12.6. The summed E-state index contributed by atoms with van der Waals surface area (Å²) in [6.45, 7) is 4.72. The summed E-state index contributed by atoms with van der Waals surface area (Å²) in [5, 5.41) is 5.93. The van der Waals surface area contributed by atoms with Gasteiger partial charge in [-0.05, 0) is 60.1 Å². The van der Waals surface area contributed by atoms with Crippen molar-refractivity contribution in [3.63, 3.8) is 0 Å². The summed E-state index contributed by atoms with van der Waals surface area (Å²) in [7, 11) is 1.80. The van der Waals surface area contributed by atoms with E-state index in [0.29, 0.717) is 24.5 Å². The molecule has 1 aromatic carbocycles. The number of halogens is 1. The Labute approximate surface area is 164 Å². The summed E-state index contributed by atoms with van der Waals surface area (Å²) in [5.74, 6) is 1.44. The molecule has 1 amide bonds. The van der Waals surface area contributed by atoms with E-state index < -0.39 is 0 Å². The number of nitrogens with zero attached hydrogens (tertiary/aromatic N) is 2. The van der Waals surface area contributed by atoms with Crippen LogP contribution in [-0.4, -0.2) is 23.0 Å². The minimum Gasteiger partial charge on any atom is -0.489 e. The zero-order chi connectivity index (χ0) is 18.7. The number of carbonyl (C=O) groups excluding carboxylic acids is 1. The second-order valence-electron chi connectivity index (χ2n) is 6.01. The lowest BCUT2D eigenvalue weighted by Crippen LogP contribution is -2.25. The number of ether oxygens (including phenoxy) is 1. The van der Waals surface area contributed by atoms with Gasteiger partial charge in [0.2, 0.25) is 0 Å². The van der Waals surface area contributed by atoms with Gasteiger partial charge in [-0.25, -0.2) is 0 Å². The van der Waals surface area contributed by atoms with Crippen LogP contribution in [0.25, 0.3) is 0 Å². The van der Waals surface area contributed by atoms with Crippen molar-refractivity contribution in [2.75, 3.05) is 7.05 Å². The molecule has 0 saturated heterocycles. The molecule has 0 aliphatic carbocycles. The van der Waals surface area contributed by atoms with Crippen LogP contribution in [-0.2, 0) is 13.2 Å². The fourth-order valence-electron chi connectivity index (χ4n) is 2.52. The highest BCUT2D eigenvalue weighted by Gasteiger charge is 2.14. The van der Waals surface area contributed by atoms with E-state index in [0.717, 1.165) is 26.4 Å². The van der Waals surface area contributed by atoms with Gasteiger partial charge in [-0.15, -0.1) is 11.3 Å². The summed E-state index contributed by atoms with van der Waals surface area (Å²) in [4.78, 5) is 15.4. The molecule has 0 spiro atoms. The van der Waals surface area contributed by atoms with Gasteiger partial charge in [-0.2, -0.15) is 0 Å². The lowest BCUT2D eigenvalue weighted by Gasteiger charge is -2.16. The molecule has 3 rings (SSSR count). The molecule has 2 aromatic heterocycles. The number of hydrogen-bond donors (Lipinski definition) is 0. The molecule has 0 aliphatic heterocycles. The Kier molecular flexibility index (Phi) is 5.78. The lowest BCUT2D eigenvalue weighted by atomic mass is 10.2. The van der Waals surface area contributed by atoms with Gasteiger partial charge in [0.15, 0.2) is 0 Å². The van der Waals surface area contributed by atoms with Crippen LogP contribution < -0.4 is 4.74 Å². The average Bonchev–Trinajstić information content (AvgIpc) is 3.18. The van der Waals surface area contributed by atoms with Gasteiger partial charge in [0.05, 0.1) is 17.8 Å². The number of amides is 1. The van der Waals surface area contributed by atoms with Crippen molar-refractivity contribution in [3.05, 3.63) is 67.6 Å². The van der Waals surface area contributed by atoms with Crippen LogP contribution in [0.2, 0.25) is 0 Å². The normalized spacial score (nSPS) is 10.8. The van der Waals surface area contributed by atoms with Crippen molar-refractivity contribution in [3.8, 4) is 5.75 Å². The van der Waals surface area contributed by atoms with Crippen molar-refractivity contribution in [1.29, 1.82) is 0 Å². The largest absolute Gasteiger partial charge is 0.489 e. The van der Waals surface area contributed by atoms with Gasteiger partial charge in [0.1, 0.15) is 18.1 Å². The van der Waals surface area contributed by atoms with Crippen molar-refractivity contribution in [1.82, 2.24) is 10.1 Å². The Morgan fingerprint density at radius 3 is 2.62 bits per heavy atom. The van der Waals surface area contributed by atoms with Gasteiger partial charge in [-0.1, -0.05) is 5.16 Å². The third-order valence-electron chi connectivity index (χ3n) is 4.03. The van der Waals surface area contributed by atoms with Crippen LogP contribution in [0, 0.1) is 13.8 Å². The molecule has 0 fully saturated rings. The molecule has 5 nitrogen and oxygen atoms in total. The number of aromatic nitrogens is 1. The Bertz CT molecular complexity index is 882. The minimum absolute atomic E-state index is 0.0215. The summed E-state index contributed by atoms with van der Waals surface area (Å²) >= 11 is 5.06. The van der Waals surface area contributed by atoms with Gasteiger partial charge in [-0.3, -0.25) is 4.79 Å². The molecule has 136 valence electrons. The second-order valence-corrected chi connectivity index (χ2v) is 7.92. The van der Waals surface area contributed by atoms with E-state index in [2.05, 4.69) is 21.1 Å². The van der Waals surface area contributed by atoms with E-state index in [9.17, 15) is 4.79 Å². The number of benzene rings is 1. The summed E-state index contributed by atoms with van der Waals surface area (Å²) in [6.07, 6.45) is 0. The van der Waals surface area contributed by atoms with Gasteiger partial charge in [0.25, 0.3) is 5.91 Å². The predicted octanol–water partition coefficient (Wildman–Crippen LogP) is 4.97. The summed E-state index contributed by atoms with van der Waals surface area (Å²) in [5.41, 5.74) is 2.41. The average molecular weight is 435 g/mol. The fraction of sp³-hybridized carbons (Fsp3) is 0.263. The summed E-state index contributed by atoms with van der Waals surface area (Å²) < 4.78 is 11.9. The quantitative estimate of drug-likeness (QED) is 0.549.